The van der Waals surface area contributed by atoms with Gasteiger partial charge >= 0.3 is 0 Å². The third kappa shape index (κ3) is 9.11. The van der Waals surface area contributed by atoms with Crippen LogP contribution >= 0.6 is 24.0 Å². The minimum Gasteiger partial charge on any atom is -0.379 e. The molecule has 0 amide bonds. The van der Waals surface area contributed by atoms with E-state index >= 15 is 0 Å². The number of nitrogens with zero attached hydrogens (tertiary/aromatic N) is 6. The van der Waals surface area contributed by atoms with Crippen LogP contribution in [0.5, 0.6) is 0 Å². The number of ether oxygens (including phenoxy) is 1. The number of aliphatic imine (C=N–C) groups is 1. The van der Waals surface area contributed by atoms with Gasteiger partial charge in [0.2, 0.25) is 0 Å². The second-order valence-electron chi connectivity index (χ2n) is 8.74. The zero-order chi connectivity index (χ0) is 21.9. The van der Waals surface area contributed by atoms with E-state index in [-0.39, 0.29) is 24.0 Å². The van der Waals surface area contributed by atoms with Gasteiger partial charge in [-0.25, -0.2) is 4.99 Å². The van der Waals surface area contributed by atoms with E-state index in [1.165, 1.54) is 45.3 Å². The first kappa shape index (κ1) is 27.3. The molecular formula is C22H43IN8O. The van der Waals surface area contributed by atoms with Crippen molar-refractivity contribution in [2.45, 2.75) is 58.5 Å². The fourth-order valence-corrected chi connectivity index (χ4v) is 4.10. The SMILES string of the molecule is CCCCN1CCC(NC(=NCc2nnc(C)n2C)NCCCN2CCOCC2)CC1.I. The lowest BCUT2D eigenvalue weighted by Crippen LogP contribution is -2.49. The molecule has 1 aromatic rings. The molecule has 3 heterocycles. The van der Waals surface area contributed by atoms with Gasteiger partial charge in [-0.3, -0.25) is 4.90 Å². The normalized spacial score (nSPS) is 19.0. The van der Waals surface area contributed by atoms with Crippen molar-refractivity contribution < 1.29 is 4.74 Å². The molecule has 0 saturated carbocycles. The first-order valence-corrected chi connectivity index (χ1v) is 12.1. The highest BCUT2D eigenvalue weighted by Gasteiger charge is 2.20. The van der Waals surface area contributed by atoms with Gasteiger partial charge in [-0.15, -0.1) is 34.2 Å². The molecule has 1 aromatic heterocycles. The summed E-state index contributed by atoms with van der Waals surface area (Å²) in [6.45, 7) is 14.2. The van der Waals surface area contributed by atoms with Crippen molar-refractivity contribution >= 4 is 29.9 Å². The van der Waals surface area contributed by atoms with Crippen LogP contribution in [0.25, 0.3) is 0 Å². The molecule has 2 N–H and O–H groups in total. The average Bonchev–Trinajstić information content (AvgIpc) is 3.12. The molecule has 0 aromatic carbocycles. The molecule has 3 rings (SSSR count). The number of aromatic nitrogens is 3. The number of hydrogen-bond acceptors (Lipinski definition) is 6. The van der Waals surface area contributed by atoms with Crippen LogP contribution < -0.4 is 10.6 Å². The van der Waals surface area contributed by atoms with Crippen molar-refractivity contribution in [1.29, 1.82) is 0 Å². The summed E-state index contributed by atoms with van der Waals surface area (Å²) in [5.41, 5.74) is 0. The third-order valence-corrected chi connectivity index (χ3v) is 6.36. The van der Waals surface area contributed by atoms with Crippen molar-refractivity contribution in [1.82, 2.24) is 35.2 Å². The summed E-state index contributed by atoms with van der Waals surface area (Å²) in [6, 6.07) is 0.476. The van der Waals surface area contributed by atoms with E-state index in [0.29, 0.717) is 12.6 Å². The van der Waals surface area contributed by atoms with Crippen LogP contribution in [0.1, 0.15) is 50.7 Å². The monoisotopic (exact) mass is 562 g/mol. The smallest absolute Gasteiger partial charge is 0.191 e. The Kier molecular flexibility index (Phi) is 12.8. The van der Waals surface area contributed by atoms with Gasteiger partial charge in [0.05, 0.1) is 13.2 Å². The van der Waals surface area contributed by atoms with Crippen molar-refractivity contribution in [3.8, 4) is 0 Å². The number of halogens is 1. The third-order valence-electron chi connectivity index (χ3n) is 6.36. The summed E-state index contributed by atoms with van der Waals surface area (Å²) in [7, 11) is 2.00. The molecule has 10 heteroatoms. The predicted octanol–water partition coefficient (Wildman–Crippen LogP) is 1.76. The Balaban J connectivity index is 0.00000363. The number of unbranched alkanes of at least 4 members (excludes halogenated alkanes) is 1. The lowest BCUT2D eigenvalue weighted by Gasteiger charge is -2.33. The Morgan fingerprint density at radius 3 is 2.41 bits per heavy atom. The van der Waals surface area contributed by atoms with Crippen LogP contribution in [-0.2, 0) is 18.3 Å². The number of aryl methyl sites for hydroxylation is 1. The fourth-order valence-electron chi connectivity index (χ4n) is 4.10. The van der Waals surface area contributed by atoms with Gasteiger partial charge in [0.15, 0.2) is 11.8 Å². The maximum atomic E-state index is 5.44. The van der Waals surface area contributed by atoms with Gasteiger partial charge in [-0.05, 0) is 45.7 Å². The maximum Gasteiger partial charge on any atom is 0.191 e. The quantitative estimate of drug-likeness (QED) is 0.195. The zero-order valence-corrected chi connectivity index (χ0v) is 22.5. The molecular weight excluding hydrogens is 519 g/mol. The van der Waals surface area contributed by atoms with E-state index in [4.69, 9.17) is 9.73 Å². The van der Waals surface area contributed by atoms with E-state index in [9.17, 15) is 0 Å². The van der Waals surface area contributed by atoms with Crippen LogP contribution in [0.2, 0.25) is 0 Å². The highest BCUT2D eigenvalue weighted by molar-refractivity contribution is 14.0. The van der Waals surface area contributed by atoms with E-state index < -0.39 is 0 Å². The molecule has 2 aliphatic heterocycles. The maximum absolute atomic E-state index is 5.44. The number of nitrogens with one attached hydrogen (secondary N) is 2. The predicted molar refractivity (Wildman–Crippen MR) is 140 cm³/mol. The summed E-state index contributed by atoms with van der Waals surface area (Å²) in [6.07, 6.45) is 6.00. The second-order valence-corrected chi connectivity index (χ2v) is 8.74. The van der Waals surface area contributed by atoms with Crippen LogP contribution in [0.4, 0.5) is 0 Å². The van der Waals surface area contributed by atoms with Gasteiger partial charge < -0.3 is 24.8 Å². The number of hydrogen-bond donors (Lipinski definition) is 2. The molecule has 9 nitrogen and oxygen atoms in total. The Bertz CT molecular complexity index is 669. The Morgan fingerprint density at radius 2 is 1.75 bits per heavy atom. The molecule has 0 unspecified atom stereocenters. The molecule has 2 fully saturated rings. The molecule has 0 aliphatic carbocycles. The molecule has 2 saturated heterocycles. The van der Waals surface area contributed by atoms with E-state index in [1.54, 1.807) is 0 Å². The minimum atomic E-state index is 0. The summed E-state index contributed by atoms with van der Waals surface area (Å²) in [4.78, 5) is 9.91. The van der Waals surface area contributed by atoms with Crippen LogP contribution in [-0.4, -0.2) is 95.6 Å². The number of morpholine rings is 1. The molecule has 2 aliphatic rings. The molecule has 184 valence electrons. The van der Waals surface area contributed by atoms with E-state index in [1.807, 2.05) is 18.5 Å². The number of likely N-dealkylation sites (tertiary alicyclic amines) is 1. The van der Waals surface area contributed by atoms with Gasteiger partial charge in [-0.2, -0.15) is 0 Å². The molecule has 0 atom stereocenters. The van der Waals surface area contributed by atoms with Gasteiger partial charge in [0, 0.05) is 45.8 Å². The largest absolute Gasteiger partial charge is 0.379 e. The summed E-state index contributed by atoms with van der Waals surface area (Å²) in [5, 5.41) is 15.7. The number of rotatable bonds is 10. The standard InChI is InChI=1S/C22H42N8O.HI/c1-4-5-10-29-12-7-20(8-13-29)25-22(24-18-21-27-26-19(2)28(21)3)23-9-6-11-30-14-16-31-17-15-30;/h20H,4-18H2,1-3H3,(H2,23,24,25);1H. The number of guanidine groups is 1. The first-order chi connectivity index (χ1) is 15.2. The summed E-state index contributed by atoms with van der Waals surface area (Å²) in [5.74, 6) is 2.70. The summed E-state index contributed by atoms with van der Waals surface area (Å²) < 4.78 is 7.45. The van der Waals surface area contributed by atoms with Crippen molar-refractivity contribution in [2.75, 3.05) is 59.0 Å². The van der Waals surface area contributed by atoms with E-state index in [2.05, 4.69) is 37.6 Å². The highest BCUT2D eigenvalue weighted by atomic mass is 127. The Hall–Kier alpha value is -0.980. The summed E-state index contributed by atoms with van der Waals surface area (Å²) >= 11 is 0. The molecule has 0 radical (unpaired) electrons. The fraction of sp³-hybridized carbons (Fsp3) is 0.864. The minimum absolute atomic E-state index is 0. The van der Waals surface area contributed by atoms with Crippen molar-refractivity contribution in [3.05, 3.63) is 11.6 Å². The molecule has 32 heavy (non-hydrogen) atoms. The van der Waals surface area contributed by atoms with Crippen LogP contribution in [0.3, 0.4) is 0 Å². The lowest BCUT2D eigenvalue weighted by molar-refractivity contribution is 0.0376. The lowest BCUT2D eigenvalue weighted by atomic mass is 10.0. The van der Waals surface area contributed by atoms with Crippen molar-refractivity contribution in [2.24, 2.45) is 12.0 Å². The first-order valence-electron chi connectivity index (χ1n) is 12.1. The van der Waals surface area contributed by atoms with Crippen molar-refractivity contribution in [3.63, 3.8) is 0 Å². The average molecular weight is 563 g/mol. The molecule has 0 spiro atoms. The number of piperidine rings is 1. The van der Waals surface area contributed by atoms with Gasteiger partial charge in [0.25, 0.3) is 0 Å². The van der Waals surface area contributed by atoms with Crippen LogP contribution in [0, 0.1) is 6.92 Å². The van der Waals surface area contributed by atoms with Crippen LogP contribution in [0.15, 0.2) is 4.99 Å². The zero-order valence-electron chi connectivity index (χ0n) is 20.2. The second kappa shape index (κ2) is 15.0. The van der Waals surface area contributed by atoms with Gasteiger partial charge in [0.1, 0.15) is 12.4 Å². The van der Waals surface area contributed by atoms with E-state index in [0.717, 1.165) is 63.4 Å². The Morgan fingerprint density at radius 1 is 1.06 bits per heavy atom. The Labute approximate surface area is 210 Å². The van der Waals surface area contributed by atoms with Gasteiger partial charge in [-0.1, -0.05) is 13.3 Å². The molecule has 0 bridgehead atoms. The topological polar surface area (TPSA) is 82.8 Å². The highest BCUT2D eigenvalue weighted by Crippen LogP contribution is 2.11.